The van der Waals surface area contributed by atoms with Crippen LogP contribution >= 0.6 is 0 Å². The number of hydrogen-bond donors (Lipinski definition) is 2. The normalized spacial score (nSPS) is 14.2. The molecule has 0 radical (unpaired) electrons. The topological polar surface area (TPSA) is 77.0 Å². The monoisotopic (exact) mass is 401 g/mol. The van der Waals surface area contributed by atoms with Crippen molar-refractivity contribution < 1.29 is 9.59 Å². The maximum atomic E-state index is 12.1. The van der Waals surface area contributed by atoms with E-state index >= 15 is 0 Å². The van der Waals surface area contributed by atoms with Gasteiger partial charge in [-0.3, -0.25) is 9.59 Å². The number of amides is 2. The molecule has 1 saturated heterocycles. The number of benzene rings is 1. The average Bonchev–Trinajstić information content (AvgIpc) is 3.12. The highest BCUT2D eigenvalue weighted by molar-refractivity contribution is 5.81. The fourth-order valence-electron chi connectivity index (χ4n) is 3.45. The molecule has 2 amide bonds. The van der Waals surface area contributed by atoms with Crippen molar-refractivity contribution >= 4 is 17.8 Å². The molecule has 1 fully saturated rings. The Balaban J connectivity index is 1.89. The fourth-order valence-corrected chi connectivity index (χ4v) is 3.45. The highest BCUT2D eigenvalue weighted by Crippen LogP contribution is 2.15. The van der Waals surface area contributed by atoms with Gasteiger partial charge < -0.3 is 20.4 Å². The van der Waals surface area contributed by atoms with Crippen LogP contribution in [0.4, 0.5) is 0 Å². The van der Waals surface area contributed by atoms with E-state index in [1.54, 1.807) is 0 Å². The Morgan fingerprint density at radius 1 is 1.17 bits per heavy atom. The summed E-state index contributed by atoms with van der Waals surface area (Å²) in [5, 5.41) is 6.47. The van der Waals surface area contributed by atoms with Gasteiger partial charge in [-0.2, -0.15) is 0 Å². The number of rotatable bonds is 10. The summed E-state index contributed by atoms with van der Waals surface area (Å²) in [5.41, 5.74) is 2.24. The minimum atomic E-state index is 0.155. The first kappa shape index (κ1) is 22.7. The van der Waals surface area contributed by atoms with Gasteiger partial charge in [-0.1, -0.05) is 24.3 Å². The lowest BCUT2D eigenvalue weighted by Crippen LogP contribution is -2.40. The Labute approximate surface area is 174 Å². The van der Waals surface area contributed by atoms with Crippen LogP contribution in [0.15, 0.2) is 29.3 Å². The van der Waals surface area contributed by atoms with Crippen molar-refractivity contribution in [3.05, 3.63) is 35.4 Å². The van der Waals surface area contributed by atoms with Gasteiger partial charge in [-0.05, 0) is 38.3 Å². The maximum absolute atomic E-state index is 12.1. The molecule has 2 rings (SSSR count). The largest absolute Gasteiger partial charge is 0.357 e. The van der Waals surface area contributed by atoms with Crippen molar-refractivity contribution in [3.63, 3.8) is 0 Å². The summed E-state index contributed by atoms with van der Waals surface area (Å²) >= 11 is 0. The van der Waals surface area contributed by atoms with Gasteiger partial charge in [0.1, 0.15) is 0 Å². The Morgan fingerprint density at radius 2 is 1.93 bits per heavy atom. The molecule has 0 atom stereocenters. The molecule has 1 aliphatic heterocycles. The molecular weight excluding hydrogens is 366 g/mol. The van der Waals surface area contributed by atoms with Crippen molar-refractivity contribution in [2.75, 3.05) is 32.7 Å². The third-order valence-corrected chi connectivity index (χ3v) is 5.05. The van der Waals surface area contributed by atoms with E-state index in [1.807, 2.05) is 42.7 Å². The van der Waals surface area contributed by atoms with Crippen LogP contribution in [0.2, 0.25) is 0 Å². The number of carbonyl (C=O) groups is 2. The molecule has 0 bridgehead atoms. The summed E-state index contributed by atoms with van der Waals surface area (Å²) in [5.74, 6) is 1.11. The molecule has 160 valence electrons. The Hall–Kier alpha value is -2.57. The number of nitrogens with zero attached hydrogens (tertiary/aromatic N) is 3. The Morgan fingerprint density at radius 3 is 2.59 bits per heavy atom. The lowest BCUT2D eigenvalue weighted by atomic mass is 10.1. The molecule has 1 aliphatic rings. The molecule has 0 saturated carbocycles. The lowest BCUT2D eigenvalue weighted by molar-refractivity contribution is -0.130. The molecule has 2 N–H and O–H groups in total. The molecule has 0 spiro atoms. The molecule has 1 aromatic carbocycles. The number of guanidine groups is 1. The predicted octanol–water partition coefficient (Wildman–Crippen LogP) is 2.12. The summed E-state index contributed by atoms with van der Waals surface area (Å²) < 4.78 is 0. The van der Waals surface area contributed by atoms with Gasteiger partial charge in [0.15, 0.2) is 5.96 Å². The zero-order valence-corrected chi connectivity index (χ0v) is 18.0. The van der Waals surface area contributed by atoms with Crippen molar-refractivity contribution in [1.82, 2.24) is 20.4 Å². The van der Waals surface area contributed by atoms with Crippen LogP contribution < -0.4 is 10.6 Å². The minimum Gasteiger partial charge on any atom is -0.357 e. The number of carbonyl (C=O) groups excluding carboxylic acids is 2. The summed E-state index contributed by atoms with van der Waals surface area (Å²) in [6.07, 6.45) is 2.07. The SMILES string of the molecule is CCNC(=NCc1cccc(CN2CCCC2=O)c1)NCCC(=O)N(CC)CC. The molecule has 0 aromatic heterocycles. The number of nitrogens with one attached hydrogen (secondary N) is 2. The number of aliphatic imine (C=N–C) groups is 1. The first-order valence-corrected chi connectivity index (χ1v) is 10.7. The highest BCUT2D eigenvalue weighted by Gasteiger charge is 2.19. The lowest BCUT2D eigenvalue weighted by Gasteiger charge is -2.19. The summed E-state index contributed by atoms with van der Waals surface area (Å²) in [7, 11) is 0. The number of hydrogen-bond acceptors (Lipinski definition) is 3. The molecule has 29 heavy (non-hydrogen) atoms. The zero-order chi connectivity index (χ0) is 21.1. The Bertz CT molecular complexity index is 700. The third kappa shape index (κ3) is 7.40. The van der Waals surface area contributed by atoms with E-state index in [2.05, 4.69) is 27.8 Å². The van der Waals surface area contributed by atoms with Crippen LogP contribution in [0, 0.1) is 0 Å². The first-order chi connectivity index (χ1) is 14.1. The van der Waals surface area contributed by atoms with Gasteiger partial charge in [0.25, 0.3) is 0 Å². The summed E-state index contributed by atoms with van der Waals surface area (Å²) in [6.45, 7) is 10.9. The number of likely N-dealkylation sites (tertiary alicyclic amines) is 1. The van der Waals surface area contributed by atoms with E-state index in [9.17, 15) is 9.59 Å². The fraction of sp³-hybridized carbons (Fsp3) is 0.591. The molecule has 1 heterocycles. The van der Waals surface area contributed by atoms with Crippen LogP contribution in [-0.2, 0) is 22.7 Å². The molecule has 0 unspecified atom stereocenters. The molecule has 0 aliphatic carbocycles. The highest BCUT2D eigenvalue weighted by atomic mass is 16.2. The van der Waals surface area contributed by atoms with E-state index in [1.165, 1.54) is 0 Å². The smallest absolute Gasteiger partial charge is 0.224 e. The van der Waals surface area contributed by atoms with Gasteiger partial charge in [0.05, 0.1) is 6.54 Å². The van der Waals surface area contributed by atoms with Gasteiger partial charge in [-0.25, -0.2) is 4.99 Å². The molecule has 7 heteroatoms. The molecule has 7 nitrogen and oxygen atoms in total. The Kier molecular flexibility index (Phi) is 9.47. The van der Waals surface area contributed by atoms with Gasteiger partial charge in [0, 0.05) is 52.1 Å². The van der Waals surface area contributed by atoms with Crippen molar-refractivity contribution in [3.8, 4) is 0 Å². The molecule has 1 aromatic rings. The second kappa shape index (κ2) is 12.1. The standard InChI is InChI=1S/C22H35N5O2/c1-4-23-22(24-13-12-21(29)26(5-2)6-3)25-16-18-9-7-10-19(15-18)17-27-14-8-11-20(27)28/h7,9-10,15H,4-6,8,11-14,16-17H2,1-3H3,(H2,23,24,25). The van der Waals surface area contributed by atoms with Gasteiger partial charge >= 0.3 is 0 Å². The van der Waals surface area contributed by atoms with E-state index in [0.717, 1.165) is 43.7 Å². The quantitative estimate of drug-likeness (QED) is 0.465. The van der Waals surface area contributed by atoms with E-state index < -0.39 is 0 Å². The second-order valence-electron chi connectivity index (χ2n) is 7.18. The van der Waals surface area contributed by atoms with Gasteiger partial charge in [0.2, 0.25) is 11.8 Å². The maximum Gasteiger partial charge on any atom is 0.224 e. The van der Waals surface area contributed by atoms with Crippen LogP contribution in [0.3, 0.4) is 0 Å². The summed E-state index contributed by atoms with van der Waals surface area (Å²) in [6, 6.07) is 8.24. The van der Waals surface area contributed by atoms with E-state index in [4.69, 9.17) is 0 Å². The van der Waals surface area contributed by atoms with Crippen molar-refractivity contribution in [1.29, 1.82) is 0 Å². The zero-order valence-electron chi connectivity index (χ0n) is 18.0. The minimum absolute atomic E-state index is 0.155. The van der Waals surface area contributed by atoms with Crippen LogP contribution in [0.1, 0.15) is 51.2 Å². The van der Waals surface area contributed by atoms with Gasteiger partial charge in [-0.15, -0.1) is 0 Å². The first-order valence-electron chi connectivity index (χ1n) is 10.7. The predicted molar refractivity (Wildman–Crippen MR) is 116 cm³/mol. The van der Waals surface area contributed by atoms with Crippen LogP contribution in [0.5, 0.6) is 0 Å². The molecular formula is C22H35N5O2. The van der Waals surface area contributed by atoms with E-state index in [-0.39, 0.29) is 11.8 Å². The second-order valence-corrected chi connectivity index (χ2v) is 7.18. The van der Waals surface area contributed by atoms with Crippen LogP contribution in [0.25, 0.3) is 0 Å². The average molecular weight is 402 g/mol. The summed E-state index contributed by atoms with van der Waals surface area (Å²) in [4.78, 5) is 32.4. The van der Waals surface area contributed by atoms with Crippen molar-refractivity contribution in [2.24, 2.45) is 4.99 Å². The third-order valence-electron chi connectivity index (χ3n) is 5.05. The van der Waals surface area contributed by atoms with Crippen molar-refractivity contribution in [2.45, 2.75) is 53.1 Å². The van der Waals surface area contributed by atoms with Crippen LogP contribution in [-0.4, -0.2) is 60.3 Å². The van der Waals surface area contributed by atoms with E-state index in [0.29, 0.717) is 38.4 Å².